The van der Waals surface area contributed by atoms with Crippen LogP contribution in [0, 0.1) is 11.0 Å². The highest BCUT2D eigenvalue weighted by molar-refractivity contribution is 6.11. The first-order valence-corrected chi connectivity index (χ1v) is 6.52. The Hall–Kier alpha value is -2.89. The smallest absolute Gasteiger partial charge is 0.244 e. The number of fused-ring (bicyclic) bond motifs is 3. The lowest BCUT2D eigenvalue weighted by Gasteiger charge is -2.09. The molecule has 0 amide bonds. The lowest BCUT2D eigenvalue weighted by molar-refractivity contribution is -0.475. The van der Waals surface area contributed by atoms with Crippen LogP contribution in [0.5, 0.6) is 0 Å². The number of aromatic nitrogens is 3. The number of halogens is 1. The van der Waals surface area contributed by atoms with Gasteiger partial charge in [-0.3, -0.25) is 4.57 Å². The monoisotopic (exact) mass is 282 g/mol. The lowest BCUT2D eigenvalue weighted by Crippen LogP contribution is -2.18. The largest absolute Gasteiger partial charge is 0.623 e. The van der Waals surface area contributed by atoms with E-state index in [0.717, 1.165) is 10.4 Å². The molecule has 1 aromatic carbocycles. The number of H-pyrrole nitrogens is 1. The molecule has 1 aliphatic heterocycles. The van der Waals surface area contributed by atoms with Gasteiger partial charge in [0.15, 0.2) is 5.82 Å². The summed E-state index contributed by atoms with van der Waals surface area (Å²) < 4.78 is 16.4. The number of hydrogen-bond donors (Lipinski definition) is 1. The first kappa shape index (κ1) is 11.9. The molecule has 0 saturated heterocycles. The Balaban J connectivity index is 2.07. The molecule has 3 heterocycles. The normalized spacial score (nSPS) is 13.8. The summed E-state index contributed by atoms with van der Waals surface area (Å²) in [7, 11) is 0. The predicted molar refractivity (Wildman–Crippen MR) is 74.9 cm³/mol. The van der Waals surface area contributed by atoms with Gasteiger partial charge in [-0.15, -0.1) is 0 Å². The van der Waals surface area contributed by atoms with E-state index in [-0.39, 0.29) is 12.4 Å². The summed E-state index contributed by atoms with van der Waals surface area (Å²) in [5.74, 6) is 0.245. The molecule has 0 saturated carbocycles. The maximum Gasteiger partial charge on any atom is 0.244 e. The molecule has 1 N–H and O–H groups in total. The topological polar surface area (TPSA) is 59.7 Å². The second kappa shape index (κ2) is 4.31. The Labute approximate surface area is 119 Å². The Bertz CT molecular complexity index is 848. The maximum atomic E-state index is 13.7. The Morgan fingerprint density at radius 3 is 3.05 bits per heavy atom. The molecule has 0 atom stereocenters. The van der Waals surface area contributed by atoms with Crippen molar-refractivity contribution in [3.05, 3.63) is 77.0 Å². The van der Waals surface area contributed by atoms with Crippen LogP contribution in [-0.2, 0) is 6.54 Å². The molecule has 0 unspecified atom stereocenters. The van der Waals surface area contributed by atoms with Gasteiger partial charge in [-0.1, -0.05) is 0 Å². The van der Waals surface area contributed by atoms with Crippen molar-refractivity contribution < 1.29 is 9.13 Å². The van der Waals surface area contributed by atoms with E-state index in [4.69, 9.17) is 0 Å². The number of rotatable bonds is 1. The first-order chi connectivity index (χ1) is 10.2. The number of hydrogen-bond acceptors (Lipinski definition) is 2. The summed E-state index contributed by atoms with van der Waals surface area (Å²) in [6, 6.07) is 8.03. The van der Waals surface area contributed by atoms with Gasteiger partial charge >= 0.3 is 0 Å². The number of benzene rings is 1. The molecule has 4 rings (SSSR count). The van der Waals surface area contributed by atoms with Crippen LogP contribution in [0.25, 0.3) is 5.69 Å². The van der Waals surface area contributed by atoms with Crippen LogP contribution in [0.4, 0.5) is 4.39 Å². The number of imidazole rings is 1. The average Bonchev–Trinajstić information content (AvgIpc) is 3.10. The molecule has 1 aliphatic rings. The van der Waals surface area contributed by atoms with E-state index < -0.39 is 0 Å². The van der Waals surface area contributed by atoms with Gasteiger partial charge in [0.2, 0.25) is 12.3 Å². The maximum absolute atomic E-state index is 13.7. The van der Waals surface area contributed by atoms with E-state index in [1.807, 2.05) is 4.57 Å². The summed E-state index contributed by atoms with van der Waals surface area (Å²) in [5, 5.41) is 12.5. The molecule has 104 valence electrons. The van der Waals surface area contributed by atoms with Crippen molar-refractivity contribution in [1.82, 2.24) is 14.5 Å². The number of nitrogens with one attached hydrogen (secondary N) is 1. The zero-order valence-corrected chi connectivity index (χ0v) is 11.0. The van der Waals surface area contributed by atoms with Crippen molar-refractivity contribution in [2.24, 2.45) is 0 Å². The number of hydroxylamine groups is 1. The fraction of sp³-hybridized carbons (Fsp3) is 0.0667. The molecule has 5 nitrogen and oxygen atoms in total. The van der Waals surface area contributed by atoms with Crippen LogP contribution in [0.1, 0.15) is 17.1 Å². The molecular formula is C15H11FN4O. The highest BCUT2D eigenvalue weighted by Crippen LogP contribution is 2.24. The second-order valence-corrected chi connectivity index (χ2v) is 4.84. The molecule has 0 aliphatic carbocycles. The van der Waals surface area contributed by atoms with Gasteiger partial charge in [-0.05, 0) is 30.3 Å². The Morgan fingerprint density at radius 1 is 1.33 bits per heavy atom. The molecule has 0 spiro atoms. The summed E-state index contributed by atoms with van der Waals surface area (Å²) in [4.78, 5) is 7.22. The van der Waals surface area contributed by atoms with Crippen LogP contribution in [0.3, 0.4) is 0 Å². The molecule has 3 aromatic rings. The molecule has 6 heteroatoms. The Kier molecular flexibility index (Phi) is 2.44. The molecule has 0 radical (unpaired) electrons. The molecule has 21 heavy (non-hydrogen) atoms. The van der Waals surface area contributed by atoms with Crippen LogP contribution < -0.4 is 0 Å². The Morgan fingerprint density at radius 2 is 2.24 bits per heavy atom. The summed E-state index contributed by atoms with van der Waals surface area (Å²) in [6.07, 6.45) is 5.14. The SMILES string of the molecule is [O-][N+]1=C(c2ccc[nH]2)c2cc(F)ccc2-n2ccnc2C1. The van der Waals surface area contributed by atoms with Crippen molar-refractivity contribution >= 4 is 5.71 Å². The van der Waals surface area contributed by atoms with Crippen molar-refractivity contribution in [2.45, 2.75) is 6.54 Å². The van der Waals surface area contributed by atoms with Gasteiger partial charge in [-0.25, -0.2) is 9.37 Å². The molecular weight excluding hydrogens is 271 g/mol. The summed E-state index contributed by atoms with van der Waals surface area (Å²) >= 11 is 0. The predicted octanol–water partition coefficient (Wildman–Crippen LogP) is 2.20. The molecule has 0 bridgehead atoms. The van der Waals surface area contributed by atoms with Crippen LogP contribution >= 0.6 is 0 Å². The number of aromatic amines is 1. The first-order valence-electron chi connectivity index (χ1n) is 6.52. The van der Waals surface area contributed by atoms with Gasteiger partial charge in [0, 0.05) is 18.6 Å². The van der Waals surface area contributed by atoms with Gasteiger partial charge in [0.25, 0.3) is 0 Å². The van der Waals surface area contributed by atoms with E-state index in [1.54, 1.807) is 36.8 Å². The van der Waals surface area contributed by atoms with Crippen molar-refractivity contribution in [2.75, 3.05) is 0 Å². The summed E-state index contributed by atoms with van der Waals surface area (Å²) in [5.41, 5.74) is 2.36. The average molecular weight is 282 g/mol. The van der Waals surface area contributed by atoms with E-state index in [0.29, 0.717) is 22.8 Å². The van der Waals surface area contributed by atoms with Crippen molar-refractivity contribution in [1.29, 1.82) is 0 Å². The zero-order chi connectivity index (χ0) is 14.4. The molecule has 2 aromatic heterocycles. The van der Waals surface area contributed by atoms with Crippen molar-refractivity contribution in [3.63, 3.8) is 0 Å². The van der Waals surface area contributed by atoms with Gasteiger partial charge in [0.05, 0.1) is 11.3 Å². The summed E-state index contributed by atoms with van der Waals surface area (Å²) in [6.45, 7) is 0.109. The van der Waals surface area contributed by atoms with Gasteiger partial charge in [0.1, 0.15) is 11.5 Å². The highest BCUT2D eigenvalue weighted by Gasteiger charge is 2.27. The number of nitrogens with zero attached hydrogens (tertiary/aromatic N) is 3. The van der Waals surface area contributed by atoms with Crippen LogP contribution in [-0.4, -0.2) is 25.0 Å². The lowest BCUT2D eigenvalue weighted by atomic mass is 10.0. The van der Waals surface area contributed by atoms with Crippen molar-refractivity contribution in [3.8, 4) is 5.69 Å². The highest BCUT2D eigenvalue weighted by atomic mass is 19.1. The minimum Gasteiger partial charge on any atom is -0.623 e. The molecule has 0 fully saturated rings. The van der Waals surface area contributed by atoms with E-state index >= 15 is 0 Å². The van der Waals surface area contributed by atoms with Crippen LogP contribution in [0.15, 0.2) is 48.9 Å². The third kappa shape index (κ3) is 1.76. The van der Waals surface area contributed by atoms with E-state index in [9.17, 15) is 9.60 Å². The fourth-order valence-corrected chi connectivity index (χ4v) is 2.68. The third-order valence-electron chi connectivity index (χ3n) is 3.58. The zero-order valence-electron chi connectivity index (χ0n) is 11.0. The fourth-order valence-electron chi connectivity index (χ4n) is 2.68. The third-order valence-corrected chi connectivity index (χ3v) is 3.58. The minimum atomic E-state index is -0.380. The standard InChI is InChI=1S/C15H11FN4O/c16-10-3-4-13-11(8-10)15(12-2-1-5-17-12)20(21)9-14-18-6-7-19(13)14/h1-8,17H,9H2. The van der Waals surface area contributed by atoms with Crippen LogP contribution in [0.2, 0.25) is 0 Å². The van der Waals surface area contributed by atoms with Gasteiger partial charge in [-0.2, -0.15) is 4.74 Å². The van der Waals surface area contributed by atoms with E-state index in [2.05, 4.69) is 9.97 Å². The van der Waals surface area contributed by atoms with Gasteiger partial charge < -0.3 is 10.2 Å². The van der Waals surface area contributed by atoms with E-state index in [1.165, 1.54) is 12.1 Å². The minimum absolute atomic E-state index is 0.109. The second-order valence-electron chi connectivity index (χ2n) is 4.84. The quantitative estimate of drug-likeness (QED) is 0.549.